The molecular weight excluding hydrogens is 441 g/mol. The Hall–Kier alpha value is -2.58. The van der Waals surface area contributed by atoms with Crippen LogP contribution in [0.15, 0.2) is 42.6 Å². The number of aromatic nitrogens is 2. The van der Waals surface area contributed by atoms with Gasteiger partial charge in [-0.1, -0.05) is 18.0 Å². The number of likely N-dealkylation sites (tertiary alicyclic amines) is 1. The summed E-state index contributed by atoms with van der Waals surface area (Å²) >= 11 is 6.41. The van der Waals surface area contributed by atoms with E-state index in [9.17, 15) is 13.2 Å². The fraction of sp³-hybridized carbons (Fsp3) is 0.391. The van der Waals surface area contributed by atoms with Gasteiger partial charge in [0, 0.05) is 24.2 Å². The molecule has 32 heavy (non-hydrogen) atoms. The van der Waals surface area contributed by atoms with Gasteiger partial charge in [0.1, 0.15) is 17.4 Å². The Morgan fingerprint density at radius 2 is 1.84 bits per heavy atom. The second-order valence-electron chi connectivity index (χ2n) is 7.83. The molecule has 170 valence electrons. The molecule has 0 amide bonds. The van der Waals surface area contributed by atoms with Crippen molar-refractivity contribution in [3.8, 4) is 5.75 Å². The van der Waals surface area contributed by atoms with Gasteiger partial charge in [0.05, 0.1) is 22.7 Å². The maximum absolute atomic E-state index is 12.9. The van der Waals surface area contributed by atoms with Gasteiger partial charge in [-0.05, 0) is 62.7 Å². The second kappa shape index (κ2) is 9.92. The monoisotopic (exact) mass is 464 g/mol. The maximum Gasteiger partial charge on any atom is 0.416 e. The average molecular weight is 465 g/mol. The number of anilines is 2. The highest BCUT2D eigenvalue weighted by Gasteiger charge is 2.30. The van der Waals surface area contributed by atoms with E-state index in [-0.39, 0.29) is 5.82 Å². The lowest BCUT2D eigenvalue weighted by molar-refractivity contribution is -0.137. The zero-order valence-electron chi connectivity index (χ0n) is 17.5. The fourth-order valence-electron chi connectivity index (χ4n) is 3.79. The molecule has 0 unspecified atom stereocenters. The number of nitrogens with one attached hydrogen (secondary N) is 1. The first-order valence-electron chi connectivity index (χ1n) is 10.6. The quantitative estimate of drug-likeness (QED) is 0.416. The van der Waals surface area contributed by atoms with Gasteiger partial charge < -0.3 is 15.0 Å². The van der Waals surface area contributed by atoms with Crippen molar-refractivity contribution in [3.63, 3.8) is 0 Å². The molecule has 1 fully saturated rings. The predicted molar refractivity (Wildman–Crippen MR) is 120 cm³/mol. The average Bonchev–Trinajstić information content (AvgIpc) is 2.77. The van der Waals surface area contributed by atoms with Gasteiger partial charge in [-0.3, -0.25) is 0 Å². The van der Waals surface area contributed by atoms with Gasteiger partial charge in [0.2, 0.25) is 0 Å². The van der Waals surface area contributed by atoms with Crippen LogP contribution in [0.3, 0.4) is 0 Å². The van der Waals surface area contributed by atoms with Crippen molar-refractivity contribution < 1.29 is 17.9 Å². The molecule has 0 atom stereocenters. The minimum Gasteiger partial charge on any atom is -0.493 e. The lowest BCUT2D eigenvalue weighted by Gasteiger charge is -2.26. The highest BCUT2D eigenvalue weighted by atomic mass is 35.5. The minimum absolute atomic E-state index is 0.0523. The summed E-state index contributed by atoms with van der Waals surface area (Å²) in [6, 6.07) is 8.90. The maximum atomic E-state index is 12.9. The molecule has 3 aromatic rings. The Morgan fingerprint density at radius 1 is 1.03 bits per heavy atom. The zero-order chi connectivity index (χ0) is 22.6. The van der Waals surface area contributed by atoms with Crippen molar-refractivity contribution in [2.24, 2.45) is 0 Å². The van der Waals surface area contributed by atoms with Crippen LogP contribution in [0.1, 0.15) is 31.2 Å². The first kappa shape index (κ1) is 22.6. The number of ether oxygens (including phenoxy) is 1. The number of nitrogens with zero attached hydrogens (tertiary/aromatic N) is 3. The van der Waals surface area contributed by atoms with Gasteiger partial charge >= 0.3 is 6.18 Å². The molecule has 0 radical (unpaired) electrons. The van der Waals surface area contributed by atoms with Gasteiger partial charge in [-0.25, -0.2) is 9.97 Å². The Morgan fingerprint density at radius 3 is 2.62 bits per heavy atom. The highest BCUT2D eigenvalue weighted by Crippen LogP contribution is 2.32. The van der Waals surface area contributed by atoms with Crippen LogP contribution >= 0.6 is 11.6 Å². The van der Waals surface area contributed by atoms with Crippen molar-refractivity contribution in [2.45, 2.75) is 31.9 Å². The van der Waals surface area contributed by atoms with E-state index in [1.165, 1.54) is 32.4 Å². The summed E-state index contributed by atoms with van der Waals surface area (Å²) in [6.45, 7) is 3.97. The number of alkyl halides is 3. The molecule has 1 aliphatic heterocycles. The summed E-state index contributed by atoms with van der Waals surface area (Å²) in [7, 11) is 0. The van der Waals surface area contributed by atoms with Crippen molar-refractivity contribution in [2.75, 3.05) is 31.6 Å². The highest BCUT2D eigenvalue weighted by molar-refractivity contribution is 6.35. The first-order valence-corrected chi connectivity index (χ1v) is 11.0. The molecule has 1 aromatic carbocycles. The number of pyridine rings is 2. The Labute approximate surface area is 189 Å². The molecule has 3 heterocycles. The standard InChI is InChI=1S/C23H24ClF3N4O/c24-19-15-18(32-12-4-11-31-9-2-1-3-10-31)13-16-5-6-20(30-22(16)19)29-21-14-17(7-8-28-21)23(25,26)27/h5-8,13-15H,1-4,9-12H2,(H,28,29,30). The Kier molecular flexibility index (Phi) is 7.01. The third-order valence-corrected chi connectivity index (χ3v) is 5.69. The molecule has 0 spiro atoms. The van der Waals surface area contributed by atoms with E-state index in [0.717, 1.165) is 36.7 Å². The van der Waals surface area contributed by atoms with E-state index in [0.29, 0.717) is 28.7 Å². The topological polar surface area (TPSA) is 50.3 Å². The van der Waals surface area contributed by atoms with Gasteiger partial charge in [0.25, 0.3) is 0 Å². The van der Waals surface area contributed by atoms with Crippen LogP contribution in [0.25, 0.3) is 10.9 Å². The predicted octanol–water partition coefficient (Wildman–Crippen LogP) is 6.30. The third-order valence-electron chi connectivity index (χ3n) is 5.40. The number of rotatable bonds is 7. The molecule has 4 rings (SSSR count). The smallest absolute Gasteiger partial charge is 0.416 e. The SMILES string of the molecule is FC(F)(F)c1ccnc(Nc2ccc3cc(OCCCN4CCCCC4)cc(Cl)c3n2)c1. The van der Waals surface area contributed by atoms with E-state index in [4.69, 9.17) is 16.3 Å². The summed E-state index contributed by atoms with van der Waals surface area (Å²) in [4.78, 5) is 10.8. The Balaban J connectivity index is 1.40. The molecule has 1 N–H and O–H groups in total. The van der Waals surface area contributed by atoms with E-state index in [2.05, 4.69) is 20.2 Å². The van der Waals surface area contributed by atoms with Gasteiger partial charge in [-0.15, -0.1) is 0 Å². The van der Waals surface area contributed by atoms with E-state index >= 15 is 0 Å². The zero-order valence-corrected chi connectivity index (χ0v) is 18.2. The second-order valence-corrected chi connectivity index (χ2v) is 8.24. The normalized spacial score (nSPS) is 15.1. The molecule has 1 saturated heterocycles. The van der Waals surface area contributed by atoms with E-state index in [1.54, 1.807) is 18.2 Å². The lowest BCUT2D eigenvalue weighted by Crippen LogP contribution is -2.31. The van der Waals surface area contributed by atoms with Crippen LogP contribution in [-0.4, -0.2) is 41.1 Å². The van der Waals surface area contributed by atoms with E-state index in [1.807, 2.05) is 6.07 Å². The van der Waals surface area contributed by atoms with Gasteiger partial charge in [-0.2, -0.15) is 13.2 Å². The van der Waals surface area contributed by atoms with Crippen molar-refractivity contribution in [3.05, 3.63) is 53.2 Å². The van der Waals surface area contributed by atoms with Gasteiger partial charge in [0.15, 0.2) is 0 Å². The number of fused-ring (bicyclic) bond motifs is 1. The number of halogens is 4. The first-order chi connectivity index (χ1) is 15.4. The van der Waals surface area contributed by atoms with Crippen LogP contribution in [-0.2, 0) is 6.18 Å². The third kappa shape index (κ3) is 5.81. The summed E-state index contributed by atoms with van der Waals surface area (Å²) < 4.78 is 44.6. The van der Waals surface area contributed by atoms with Crippen molar-refractivity contribution >= 4 is 34.1 Å². The van der Waals surface area contributed by atoms with Crippen LogP contribution < -0.4 is 10.1 Å². The van der Waals surface area contributed by atoms with Crippen LogP contribution in [0.5, 0.6) is 5.75 Å². The van der Waals surface area contributed by atoms with E-state index < -0.39 is 11.7 Å². The molecule has 5 nitrogen and oxygen atoms in total. The Bertz CT molecular complexity index is 1070. The molecular formula is C23H24ClF3N4O. The molecule has 9 heteroatoms. The molecule has 1 aliphatic rings. The number of hydrogen-bond acceptors (Lipinski definition) is 5. The number of piperidine rings is 1. The van der Waals surface area contributed by atoms with Crippen molar-refractivity contribution in [1.29, 1.82) is 0 Å². The number of benzene rings is 1. The molecule has 2 aromatic heterocycles. The summed E-state index contributed by atoms with van der Waals surface area (Å²) in [5, 5.41) is 4.00. The minimum atomic E-state index is -4.44. The summed E-state index contributed by atoms with van der Waals surface area (Å²) in [5.41, 5.74) is -0.250. The van der Waals surface area contributed by atoms with Crippen molar-refractivity contribution in [1.82, 2.24) is 14.9 Å². The van der Waals surface area contributed by atoms with Crippen LogP contribution in [0.4, 0.5) is 24.8 Å². The number of hydrogen-bond donors (Lipinski definition) is 1. The molecule has 0 aliphatic carbocycles. The fourth-order valence-corrected chi connectivity index (χ4v) is 4.05. The largest absolute Gasteiger partial charge is 0.493 e. The molecule has 0 bridgehead atoms. The van der Waals surface area contributed by atoms with Crippen LogP contribution in [0, 0.1) is 0 Å². The lowest BCUT2D eigenvalue weighted by atomic mass is 10.1. The summed E-state index contributed by atoms with van der Waals surface area (Å²) in [6.07, 6.45) is 1.48. The van der Waals surface area contributed by atoms with Crippen LogP contribution in [0.2, 0.25) is 5.02 Å². The molecule has 0 saturated carbocycles. The summed E-state index contributed by atoms with van der Waals surface area (Å²) in [5.74, 6) is 1.07.